The van der Waals surface area contributed by atoms with Gasteiger partial charge in [0.1, 0.15) is 22.4 Å². The summed E-state index contributed by atoms with van der Waals surface area (Å²) in [5.41, 5.74) is 0.00156. The van der Waals surface area contributed by atoms with Crippen molar-refractivity contribution in [3.05, 3.63) is 82.4 Å². The van der Waals surface area contributed by atoms with Crippen LogP contribution in [-0.4, -0.2) is 21.3 Å². The molecule has 0 amide bonds. The number of nitrogens with zero attached hydrogens (tertiary/aromatic N) is 2. The molecule has 1 heterocycles. The zero-order valence-corrected chi connectivity index (χ0v) is 14.4. The maximum atomic E-state index is 11.1. The molecule has 0 aliphatic rings. The van der Waals surface area contributed by atoms with Crippen LogP contribution in [0.3, 0.4) is 0 Å². The average molecular weight is 389 g/mol. The molecule has 0 aliphatic carbocycles. The molecule has 0 saturated carbocycles. The molecule has 3 aromatic rings. The lowest BCUT2D eigenvalue weighted by Gasteiger charge is -2.09. The maximum absolute atomic E-state index is 11.1. The summed E-state index contributed by atoms with van der Waals surface area (Å²) in [5.74, 6) is 0.722. The number of aromatic carboxylic acids is 1. The zero-order valence-electron chi connectivity index (χ0n) is 13.7. The predicted molar refractivity (Wildman–Crippen MR) is 96.8 cm³/mol. The van der Waals surface area contributed by atoms with Gasteiger partial charge in [-0.05, 0) is 30.3 Å². The summed E-state index contributed by atoms with van der Waals surface area (Å²) in [7, 11) is 0. The highest BCUT2D eigenvalue weighted by Crippen LogP contribution is 2.28. The lowest BCUT2D eigenvalue weighted by molar-refractivity contribution is 0.0696. The van der Waals surface area contributed by atoms with Gasteiger partial charge in [-0.25, -0.2) is 9.78 Å². The van der Waals surface area contributed by atoms with Crippen LogP contribution in [0, 0.1) is 4.91 Å². The van der Waals surface area contributed by atoms with E-state index in [-0.39, 0.29) is 16.6 Å². The molecule has 9 heteroatoms. The molecule has 3 rings (SSSR count). The Hall–Kier alpha value is -3.65. The van der Waals surface area contributed by atoms with Gasteiger partial charge in [0.05, 0.1) is 5.56 Å². The van der Waals surface area contributed by atoms with Crippen molar-refractivity contribution >= 4 is 17.6 Å². The highest BCUT2D eigenvalue weighted by molar-refractivity contribution is 6.29. The number of benzene rings is 2. The Morgan fingerprint density at radius 2 is 1.52 bits per heavy atom. The van der Waals surface area contributed by atoms with Crippen molar-refractivity contribution < 1.29 is 24.6 Å². The van der Waals surface area contributed by atoms with Gasteiger partial charge in [-0.1, -0.05) is 35.9 Å². The topological polar surface area (TPSA) is 118 Å². The fourth-order valence-corrected chi connectivity index (χ4v) is 2.20. The first kappa shape index (κ1) is 19.7. The molecule has 0 atom stereocenters. The number of carbonyl (C=O) groups is 1. The maximum Gasteiger partial charge on any atom is 0.335 e. The van der Waals surface area contributed by atoms with Crippen LogP contribution in [0.5, 0.6) is 23.1 Å². The lowest BCUT2D eigenvalue weighted by Crippen LogP contribution is -1.98. The van der Waals surface area contributed by atoms with Crippen LogP contribution in [0.15, 0.2) is 72.1 Å². The van der Waals surface area contributed by atoms with E-state index in [0.29, 0.717) is 17.2 Å². The molecule has 8 nitrogen and oxygen atoms in total. The van der Waals surface area contributed by atoms with Gasteiger partial charge >= 0.3 is 5.97 Å². The minimum Gasteiger partial charge on any atom is -0.478 e. The molecule has 0 radical (unpaired) electrons. The van der Waals surface area contributed by atoms with Gasteiger partial charge in [-0.15, -0.1) is 4.91 Å². The molecular weight excluding hydrogens is 376 g/mol. The molecule has 0 aliphatic heterocycles. The van der Waals surface area contributed by atoms with Crippen molar-refractivity contribution in [3.63, 3.8) is 0 Å². The first-order valence-electron chi connectivity index (χ1n) is 7.40. The van der Waals surface area contributed by atoms with Gasteiger partial charge in [0, 0.05) is 12.1 Å². The normalized spacial score (nSPS) is 9.52. The van der Waals surface area contributed by atoms with Crippen molar-refractivity contribution in [2.75, 3.05) is 0 Å². The van der Waals surface area contributed by atoms with E-state index in [2.05, 4.69) is 4.98 Å². The number of carboxylic acids is 1. The number of hydrogen-bond acceptors (Lipinski definition) is 6. The second-order valence-electron chi connectivity index (χ2n) is 4.90. The quantitative estimate of drug-likeness (QED) is 0.352. The first-order valence-corrected chi connectivity index (χ1v) is 7.78. The summed E-state index contributed by atoms with van der Waals surface area (Å²) in [6.45, 7) is 0. The number of para-hydroxylation sites is 1. The summed E-state index contributed by atoms with van der Waals surface area (Å²) < 4.78 is 11.3. The van der Waals surface area contributed by atoms with E-state index < -0.39 is 5.97 Å². The molecule has 0 fully saturated rings. The van der Waals surface area contributed by atoms with Crippen molar-refractivity contribution in [2.45, 2.75) is 0 Å². The summed E-state index contributed by atoms with van der Waals surface area (Å²) >= 11 is 5.82. The largest absolute Gasteiger partial charge is 0.478 e. The highest BCUT2D eigenvalue weighted by atomic mass is 35.5. The van der Waals surface area contributed by atoms with Crippen LogP contribution < -0.4 is 9.47 Å². The minimum atomic E-state index is -1.11. The lowest BCUT2D eigenvalue weighted by atomic mass is 10.3. The number of carboxylic acid groups (broad SMARTS) is 1. The third kappa shape index (κ3) is 6.29. The van der Waals surface area contributed by atoms with Gasteiger partial charge < -0.3 is 19.8 Å². The smallest absolute Gasteiger partial charge is 0.335 e. The second kappa shape index (κ2) is 9.73. The Bertz CT molecular complexity index is 921. The standard InChI is InChI=1S/C18H12ClNO4.HNO2/c19-16-9-12(18(21)22)10-17(20-16)24-15-8-4-7-14(11-15)23-13-5-2-1-3-6-13;2-1-3/h1-11H,(H,21,22);(H,2,3). The van der Waals surface area contributed by atoms with Crippen molar-refractivity contribution in [1.82, 2.24) is 4.98 Å². The molecule has 0 bridgehead atoms. The molecule has 1 aromatic heterocycles. The van der Waals surface area contributed by atoms with Crippen LogP contribution >= 0.6 is 11.6 Å². The van der Waals surface area contributed by atoms with Crippen LogP contribution in [0.1, 0.15) is 10.4 Å². The van der Waals surface area contributed by atoms with E-state index in [1.54, 1.807) is 24.3 Å². The van der Waals surface area contributed by atoms with Gasteiger partial charge in [-0.2, -0.15) is 0 Å². The molecule has 2 aromatic carbocycles. The van der Waals surface area contributed by atoms with E-state index in [1.165, 1.54) is 17.5 Å². The first-order chi connectivity index (χ1) is 13.0. The molecule has 0 spiro atoms. The molecule has 138 valence electrons. The van der Waals surface area contributed by atoms with E-state index in [9.17, 15) is 4.79 Å². The van der Waals surface area contributed by atoms with E-state index in [4.69, 9.17) is 36.3 Å². The van der Waals surface area contributed by atoms with Crippen LogP contribution in [0.4, 0.5) is 0 Å². The van der Waals surface area contributed by atoms with E-state index in [0.717, 1.165) is 0 Å². The van der Waals surface area contributed by atoms with Crippen molar-refractivity contribution in [2.24, 2.45) is 5.34 Å². The number of aromatic nitrogens is 1. The third-order valence-electron chi connectivity index (χ3n) is 3.02. The number of pyridine rings is 1. The monoisotopic (exact) mass is 388 g/mol. The van der Waals surface area contributed by atoms with Gasteiger partial charge in [0.25, 0.3) is 0 Å². The Morgan fingerprint density at radius 3 is 2.15 bits per heavy atom. The Kier molecular flexibility index (Phi) is 7.09. The molecular formula is C18H13ClN2O6. The minimum absolute atomic E-state index is 0.00156. The van der Waals surface area contributed by atoms with Crippen LogP contribution in [0.2, 0.25) is 5.15 Å². The van der Waals surface area contributed by atoms with Crippen molar-refractivity contribution in [1.29, 1.82) is 0 Å². The molecule has 0 unspecified atom stereocenters. The molecule has 27 heavy (non-hydrogen) atoms. The van der Waals surface area contributed by atoms with Gasteiger partial charge in [0.2, 0.25) is 5.88 Å². The highest BCUT2D eigenvalue weighted by Gasteiger charge is 2.09. The number of rotatable bonds is 5. The Labute approximate surface area is 158 Å². The van der Waals surface area contributed by atoms with E-state index >= 15 is 0 Å². The number of halogens is 1. The summed E-state index contributed by atoms with van der Waals surface area (Å²) in [6, 6.07) is 18.8. The van der Waals surface area contributed by atoms with Crippen molar-refractivity contribution in [3.8, 4) is 23.1 Å². The second-order valence-corrected chi connectivity index (χ2v) is 5.28. The molecule has 0 saturated heterocycles. The summed E-state index contributed by atoms with van der Waals surface area (Å²) in [6.07, 6.45) is 0. The SMILES string of the molecule is O=C(O)c1cc(Cl)nc(Oc2cccc(Oc3ccccc3)c2)c1.O=NO. The van der Waals surface area contributed by atoms with Crippen LogP contribution in [-0.2, 0) is 0 Å². The Morgan fingerprint density at radius 1 is 0.926 bits per heavy atom. The molecule has 2 N–H and O–H groups in total. The summed E-state index contributed by atoms with van der Waals surface area (Å²) in [4.78, 5) is 23.1. The Balaban J connectivity index is 0.000000817. The number of ether oxygens (including phenoxy) is 2. The van der Waals surface area contributed by atoms with E-state index in [1.807, 2.05) is 30.3 Å². The van der Waals surface area contributed by atoms with Gasteiger partial charge in [-0.3, -0.25) is 0 Å². The zero-order chi connectivity index (χ0) is 19.6. The predicted octanol–water partition coefficient (Wildman–Crippen LogP) is 5.16. The van der Waals surface area contributed by atoms with Crippen LogP contribution in [0.25, 0.3) is 0 Å². The average Bonchev–Trinajstić information content (AvgIpc) is 2.63. The van der Waals surface area contributed by atoms with Gasteiger partial charge in [0.15, 0.2) is 5.34 Å². The third-order valence-corrected chi connectivity index (χ3v) is 3.22. The fraction of sp³-hybridized carbons (Fsp3) is 0. The fourth-order valence-electron chi connectivity index (χ4n) is 2.00. The number of hydrogen-bond donors (Lipinski definition) is 2. The summed E-state index contributed by atoms with van der Waals surface area (Å²) in [5, 5.41) is 17.0.